The van der Waals surface area contributed by atoms with E-state index in [-0.39, 0.29) is 22.9 Å². The molecule has 160 valence electrons. The summed E-state index contributed by atoms with van der Waals surface area (Å²) in [6.07, 6.45) is 0.00251. The van der Waals surface area contributed by atoms with Crippen molar-refractivity contribution in [2.45, 2.75) is 32.9 Å². The molecule has 1 amide bonds. The van der Waals surface area contributed by atoms with Gasteiger partial charge in [0.05, 0.1) is 23.6 Å². The van der Waals surface area contributed by atoms with Crippen LogP contribution < -0.4 is 5.32 Å². The molecule has 0 aliphatic carbocycles. The van der Waals surface area contributed by atoms with Gasteiger partial charge in [0.15, 0.2) is 5.65 Å². The Morgan fingerprint density at radius 1 is 1.13 bits per heavy atom. The van der Waals surface area contributed by atoms with Gasteiger partial charge < -0.3 is 5.32 Å². The molecule has 0 saturated carbocycles. The van der Waals surface area contributed by atoms with Crippen LogP contribution in [0.25, 0.3) is 16.9 Å². The summed E-state index contributed by atoms with van der Waals surface area (Å²) < 4.78 is 43.3. The summed E-state index contributed by atoms with van der Waals surface area (Å²) in [6.45, 7) is 4.37. The number of fused-ring (bicyclic) bond motifs is 1. The second-order valence-corrected chi connectivity index (χ2v) is 6.93. The molecule has 4 aromatic rings. The van der Waals surface area contributed by atoms with Crippen LogP contribution in [0, 0.1) is 5.82 Å². The highest BCUT2D eigenvalue weighted by Gasteiger charge is 2.23. The van der Waals surface area contributed by atoms with E-state index >= 15 is 0 Å². The third-order valence-electron chi connectivity index (χ3n) is 4.95. The molecule has 1 aromatic carbocycles. The molecule has 3 heterocycles. The Morgan fingerprint density at radius 2 is 1.87 bits per heavy atom. The highest BCUT2D eigenvalue weighted by Crippen LogP contribution is 2.27. The van der Waals surface area contributed by atoms with Crippen molar-refractivity contribution in [1.82, 2.24) is 29.7 Å². The first-order valence-corrected chi connectivity index (χ1v) is 9.64. The number of benzene rings is 1. The number of hydrogen-bond acceptors (Lipinski definition) is 4. The van der Waals surface area contributed by atoms with Crippen molar-refractivity contribution >= 4 is 11.6 Å². The SMILES string of the molecule is CCn1nccc1C(C)NC(=O)c1cnn2c(C(F)F)cc(-c3ccc(F)cc3)nc12. The zero-order valence-electron chi connectivity index (χ0n) is 16.8. The van der Waals surface area contributed by atoms with Crippen molar-refractivity contribution in [1.29, 1.82) is 0 Å². The summed E-state index contributed by atoms with van der Waals surface area (Å²) in [5.41, 5.74) is 1.07. The van der Waals surface area contributed by atoms with Gasteiger partial charge in [-0.2, -0.15) is 10.2 Å². The lowest BCUT2D eigenvalue weighted by Gasteiger charge is -2.15. The molecule has 0 spiro atoms. The average Bonchev–Trinajstić information content (AvgIpc) is 3.40. The van der Waals surface area contributed by atoms with E-state index in [9.17, 15) is 18.0 Å². The molecule has 0 radical (unpaired) electrons. The van der Waals surface area contributed by atoms with Gasteiger partial charge in [-0.05, 0) is 50.2 Å². The van der Waals surface area contributed by atoms with E-state index in [2.05, 4.69) is 20.5 Å². The maximum atomic E-state index is 13.7. The van der Waals surface area contributed by atoms with Crippen LogP contribution in [-0.4, -0.2) is 30.3 Å². The van der Waals surface area contributed by atoms with E-state index in [1.807, 2.05) is 6.92 Å². The number of rotatable bonds is 6. The minimum absolute atomic E-state index is 0.00850. The van der Waals surface area contributed by atoms with E-state index in [1.165, 1.54) is 36.5 Å². The Balaban J connectivity index is 1.74. The number of carbonyl (C=O) groups excluding carboxylic acids is 1. The quantitative estimate of drug-likeness (QED) is 0.500. The normalized spacial score (nSPS) is 12.5. The Labute approximate surface area is 175 Å². The predicted molar refractivity (Wildman–Crippen MR) is 107 cm³/mol. The third-order valence-corrected chi connectivity index (χ3v) is 4.95. The van der Waals surface area contributed by atoms with Gasteiger partial charge >= 0.3 is 0 Å². The molecule has 0 fully saturated rings. The molecule has 10 heteroatoms. The Morgan fingerprint density at radius 3 is 2.55 bits per heavy atom. The van der Waals surface area contributed by atoms with Crippen LogP contribution in [0.1, 0.15) is 48.1 Å². The van der Waals surface area contributed by atoms with Gasteiger partial charge in [0.25, 0.3) is 12.3 Å². The Bertz CT molecular complexity index is 1230. The van der Waals surface area contributed by atoms with Crippen LogP contribution in [0.15, 0.2) is 48.8 Å². The monoisotopic (exact) mass is 428 g/mol. The molecule has 0 aliphatic heterocycles. The number of alkyl halides is 2. The van der Waals surface area contributed by atoms with Crippen LogP contribution >= 0.6 is 0 Å². The van der Waals surface area contributed by atoms with Gasteiger partial charge in [-0.15, -0.1) is 0 Å². The summed E-state index contributed by atoms with van der Waals surface area (Å²) in [5.74, 6) is -0.959. The van der Waals surface area contributed by atoms with E-state index in [4.69, 9.17) is 0 Å². The first-order valence-electron chi connectivity index (χ1n) is 9.64. The van der Waals surface area contributed by atoms with Gasteiger partial charge in [0.2, 0.25) is 0 Å². The van der Waals surface area contributed by atoms with Crippen molar-refractivity contribution in [2.24, 2.45) is 0 Å². The van der Waals surface area contributed by atoms with E-state index in [0.29, 0.717) is 12.1 Å². The van der Waals surface area contributed by atoms with Crippen LogP contribution in [-0.2, 0) is 6.54 Å². The van der Waals surface area contributed by atoms with Crippen molar-refractivity contribution in [2.75, 3.05) is 0 Å². The zero-order valence-corrected chi connectivity index (χ0v) is 16.8. The number of aromatic nitrogens is 5. The van der Waals surface area contributed by atoms with Crippen LogP contribution in [0.4, 0.5) is 13.2 Å². The predicted octanol–water partition coefficient (Wildman–Crippen LogP) is 4.18. The zero-order chi connectivity index (χ0) is 22.1. The summed E-state index contributed by atoms with van der Waals surface area (Å²) in [7, 11) is 0. The van der Waals surface area contributed by atoms with Crippen molar-refractivity contribution in [3.63, 3.8) is 0 Å². The van der Waals surface area contributed by atoms with Crippen LogP contribution in [0.5, 0.6) is 0 Å². The third kappa shape index (κ3) is 3.88. The van der Waals surface area contributed by atoms with Crippen molar-refractivity contribution < 1.29 is 18.0 Å². The van der Waals surface area contributed by atoms with Crippen molar-refractivity contribution in [3.05, 3.63) is 71.6 Å². The molecule has 1 atom stereocenters. The molecule has 1 N–H and O–H groups in total. The highest BCUT2D eigenvalue weighted by atomic mass is 19.3. The fourth-order valence-electron chi connectivity index (χ4n) is 3.39. The minimum atomic E-state index is -2.85. The molecule has 4 rings (SSSR count). The van der Waals surface area contributed by atoms with Gasteiger partial charge in [-0.25, -0.2) is 22.7 Å². The maximum Gasteiger partial charge on any atom is 0.280 e. The minimum Gasteiger partial charge on any atom is -0.344 e. The first-order chi connectivity index (χ1) is 14.9. The molecule has 3 aromatic heterocycles. The largest absolute Gasteiger partial charge is 0.344 e. The molecular weight excluding hydrogens is 409 g/mol. The molecule has 31 heavy (non-hydrogen) atoms. The fourth-order valence-corrected chi connectivity index (χ4v) is 3.39. The summed E-state index contributed by atoms with van der Waals surface area (Å²) >= 11 is 0. The molecular formula is C21H19F3N6O. The van der Waals surface area contributed by atoms with Crippen molar-refractivity contribution in [3.8, 4) is 11.3 Å². The van der Waals surface area contributed by atoms with Gasteiger partial charge in [0, 0.05) is 18.3 Å². The van der Waals surface area contributed by atoms with E-state index in [0.717, 1.165) is 10.2 Å². The molecule has 7 nitrogen and oxygen atoms in total. The lowest BCUT2D eigenvalue weighted by atomic mass is 10.1. The first kappa shape index (κ1) is 20.6. The Hall–Kier alpha value is -3.69. The highest BCUT2D eigenvalue weighted by molar-refractivity contribution is 6.00. The summed E-state index contributed by atoms with van der Waals surface area (Å²) in [5, 5.41) is 11.0. The summed E-state index contributed by atoms with van der Waals surface area (Å²) in [4.78, 5) is 17.3. The number of nitrogens with one attached hydrogen (secondary N) is 1. The van der Waals surface area contributed by atoms with Crippen LogP contribution in [0.2, 0.25) is 0 Å². The van der Waals surface area contributed by atoms with Gasteiger partial charge in [-0.3, -0.25) is 9.48 Å². The second-order valence-electron chi connectivity index (χ2n) is 6.93. The summed E-state index contributed by atoms with van der Waals surface area (Å²) in [6, 6.07) is 7.91. The van der Waals surface area contributed by atoms with Gasteiger partial charge in [-0.1, -0.05) is 0 Å². The molecule has 0 aliphatic rings. The molecule has 1 unspecified atom stereocenters. The lowest BCUT2D eigenvalue weighted by molar-refractivity contribution is 0.0939. The average molecular weight is 428 g/mol. The Kier molecular flexibility index (Phi) is 5.45. The molecule has 0 bridgehead atoms. The standard InChI is InChI=1S/C21H19F3N6O/c1-3-29-17(8-9-25-29)12(2)27-21(31)15-11-26-30-18(19(23)24)10-16(28-20(15)30)13-4-6-14(22)7-5-13/h4-12,19H,3H2,1-2H3,(H,27,31). The number of hydrogen-bond donors (Lipinski definition) is 1. The van der Waals surface area contributed by atoms with Crippen LogP contribution in [0.3, 0.4) is 0 Å². The van der Waals surface area contributed by atoms with E-state index in [1.54, 1.807) is 23.9 Å². The van der Waals surface area contributed by atoms with Gasteiger partial charge in [0.1, 0.15) is 17.1 Å². The fraction of sp³-hybridized carbons (Fsp3) is 0.238. The smallest absolute Gasteiger partial charge is 0.280 e. The topological polar surface area (TPSA) is 77.1 Å². The van der Waals surface area contributed by atoms with E-state index < -0.39 is 23.8 Å². The second kappa shape index (κ2) is 8.21. The lowest BCUT2D eigenvalue weighted by Crippen LogP contribution is -2.28. The molecule has 0 saturated heterocycles. The maximum absolute atomic E-state index is 13.7. The number of aryl methyl sites for hydroxylation is 1. The number of nitrogens with zero attached hydrogens (tertiary/aromatic N) is 5. The number of amides is 1. The number of carbonyl (C=O) groups is 1. The number of halogens is 3.